The summed E-state index contributed by atoms with van der Waals surface area (Å²) in [6, 6.07) is 4.07. The van der Waals surface area contributed by atoms with Crippen molar-refractivity contribution in [2.75, 3.05) is 11.3 Å². The number of benzene rings is 1. The fourth-order valence-corrected chi connectivity index (χ4v) is 2.46. The van der Waals surface area contributed by atoms with E-state index in [0.29, 0.717) is 5.56 Å². The van der Waals surface area contributed by atoms with Crippen molar-refractivity contribution in [2.24, 2.45) is 0 Å². The molecule has 0 aliphatic carbocycles. The number of halogens is 1. The van der Waals surface area contributed by atoms with Gasteiger partial charge in [-0.05, 0) is 17.3 Å². The van der Waals surface area contributed by atoms with E-state index in [1.54, 1.807) is 6.26 Å². The Balaban J connectivity index is 2.64. The van der Waals surface area contributed by atoms with Crippen molar-refractivity contribution in [1.82, 2.24) is 0 Å². The zero-order valence-electron chi connectivity index (χ0n) is 8.21. The fraction of sp³-hybridized carbons (Fsp3) is 0.222. The first-order chi connectivity index (χ1) is 7.57. The molecule has 1 heterocycles. The van der Waals surface area contributed by atoms with Crippen LogP contribution in [0.1, 0.15) is 10.8 Å². The zero-order chi connectivity index (χ0) is 11.9. The largest absolute Gasteiger partial charge is 0.306 e. The Morgan fingerprint density at radius 1 is 1.56 bits per heavy atom. The summed E-state index contributed by atoms with van der Waals surface area (Å²) in [6.07, 6.45) is 1.65. The van der Waals surface area contributed by atoms with Crippen LogP contribution in [0.15, 0.2) is 18.2 Å². The molecule has 0 radical (unpaired) electrons. The van der Waals surface area contributed by atoms with Crippen molar-refractivity contribution in [3.05, 3.63) is 39.7 Å². The molecule has 1 aliphatic heterocycles. The summed E-state index contributed by atoms with van der Waals surface area (Å²) in [4.78, 5) is 22.4. The molecule has 0 aromatic heterocycles. The Morgan fingerprint density at radius 2 is 2.25 bits per heavy atom. The number of hydrogen-bond donors (Lipinski definition) is 0. The van der Waals surface area contributed by atoms with E-state index in [0.717, 1.165) is 17.8 Å². The number of hydrazine groups is 1. The van der Waals surface area contributed by atoms with E-state index < -0.39 is 22.0 Å². The first-order valence-corrected chi connectivity index (χ1v) is 5.66. The first-order valence-electron chi connectivity index (χ1n) is 4.37. The van der Waals surface area contributed by atoms with Crippen LogP contribution in [0.2, 0.25) is 0 Å². The number of nitrogens with zero attached hydrogens (tertiary/aromatic N) is 2. The van der Waals surface area contributed by atoms with Gasteiger partial charge in [-0.3, -0.25) is 4.79 Å². The minimum atomic E-state index is -0.888. The van der Waals surface area contributed by atoms with Crippen molar-refractivity contribution < 1.29 is 14.2 Å². The molecular formula is C9H7FN2O3S. The van der Waals surface area contributed by atoms with Gasteiger partial charge < -0.3 is 0 Å². The van der Waals surface area contributed by atoms with Gasteiger partial charge in [0.15, 0.2) is 16.5 Å². The van der Waals surface area contributed by atoms with Crippen LogP contribution in [0.4, 0.5) is 10.1 Å². The van der Waals surface area contributed by atoms with Gasteiger partial charge in [-0.1, -0.05) is 12.1 Å². The highest BCUT2D eigenvalue weighted by atomic mass is 32.2. The van der Waals surface area contributed by atoms with Gasteiger partial charge in [0.1, 0.15) is 5.25 Å². The van der Waals surface area contributed by atoms with Crippen molar-refractivity contribution in [3.8, 4) is 0 Å². The SMILES string of the molecule is CSC1C(=O)N([N+](=O)[O-])c2c(F)cccc21. The third-order valence-electron chi connectivity index (χ3n) is 2.34. The molecule has 0 saturated heterocycles. The Hall–Kier alpha value is -1.63. The maximum absolute atomic E-state index is 13.5. The molecule has 1 aromatic carbocycles. The average Bonchev–Trinajstić information content (AvgIpc) is 2.51. The smallest absolute Gasteiger partial charge is 0.267 e. The second-order valence-electron chi connectivity index (χ2n) is 3.18. The van der Waals surface area contributed by atoms with Gasteiger partial charge in [0.05, 0.1) is 0 Å². The number of amides is 1. The van der Waals surface area contributed by atoms with Crippen molar-refractivity contribution in [3.63, 3.8) is 0 Å². The molecule has 1 unspecified atom stereocenters. The number of anilines is 1. The van der Waals surface area contributed by atoms with Gasteiger partial charge in [0, 0.05) is 5.56 Å². The lowest BCUT2D eigenvalue weighted by atomic mass is 10.1. The fourth-order valence-electron chi connectivity index (χ4n) is 1.71. The van der Waals surface area contributed by atoms with Crippen LogP contribution in [-0.4, -0.2) is 17.2 Å². The van der Waals surface area contributed by atoms with Gasteiger partial charge in [-0.2, -0.15) is 0 Å². The number of thioether (sulfide) groups is 1. The van der Waals surface area contributed by atoms with E-state index in [9.17, 15) is 19.3 Å². The summed E-state index contributed by atoms with van der Waals surface area (Å²) in [5, 5.41) is 9.42. The van der Waals surface area contributed by atoms with E-state index in [4.69, 9.17) is 0 Å². The molecule has 84 valence electrons. The summed E-state index contributed by atoms with van der Waals surface area (Å²) >= 11 is 1.15. The van der Waals surface area contributed by atoms with Gasteiger partial charge >= 0.3 is 5.91 Å². The maximum Gasteiger partial charge on any atom is 0.306 e. The molecule has 0 saturated carbocycles. The first kappa shape index (κ1) is 10.9. The molecular weight excluding hydrogens is 235 g/mol. The van der Waals surface area contributed by atoms with Crippen LogP contribution in [-0.2, 0) is 4.79 Å². The third kappa shape index (κ3) is 1.35. The Kier molecular flexibility index (Phi) is 2.55. The lowest BCUT2D eigenvalue weighted by molar-refractivity contribution is -0.483. The molecule has 0 spiro atoms. The predicted octanol–water partition coefficient (Wildman–Crippen LogP) is 1.77. The number of fused-ring (bicyclic) bond motifs is 1. The van der Waals surface area contributed by atoms with Gasteiger partial charge in [-0.25, -0.2) is 14.5 Å². The summed E-state index contributed by atoms with van der Waals surface area (Å²) in [6.45, 7) is 0. The van der Waals surface area contributed by atoms with Gasteiger partial charge in [0.25, 0.3) is 0 Å². The molecule has 1 atom stereocenters. The van der Waals surface area contributed by atoms with E-state index in [1.807, 2.05) is 0 Å². The van der Waals surface area contributed by atoms with Crippen LogP contribution < -0.4 is 5.01 Å². The molecule has 1 aliphatic rings. The van der Waals surface area contributed by atoms with Gasteiger partial charge in [-0.15, -0.1) is 11.8 Å². The topological polar surface area (TPSA) is 63.5 Å². The Morgan fingerprint density at radius 3 is 2.81 bits per heavy atom. The number of carbonyl (C=O) groups excluding carboxylic acids is 1. The standard InChI is InChI=1S/C9H7FN2O3S/c1-16-8-5-3-2-4-6(10)7(5)11(9(8)13)12(14)15/h2-4,8H,1H3. The summed E-state index contributed by atoms with van der Waals surface area (Å²) in [7, 11) is 0. The molecule has 16 heavy (non-hydrogen) atoms. The highest BCUT2D eigenvalue weighted by Crippen LogP contribution is 2.43. The van der Waals surface area contributed by atoms with Crippen molar-refractivity contribution >= 4 is 23.4 Å². The monoisotopic (exact) mass is 242 g/mol. The number of rotatable bonds is 2. The maximum atomic E-state index is 13.5. The Bertz CT molecular complexity index is 480. The molecule has 5 nitrogen and oxygen atoms in total. The van der Waals surface area contributed by atoms with E-state index >= 15 is 0 Å². The average molecular weight is 242 g/mol. The molecule has 2 rings (SSSR count). The number of para-hydroxylation sites is 1. The summed E-state index contributed by atoms with van der Waals surface area (Å²) in [5.74, 6) is -1.46. The predicted molar refractivity (Wildman–Crippen MR) is 57.1 cm³/mol. The van der Waals surface area contributed by atoms with Crippen LogP contribution in [0, 0.1) is 15.9 Å². The molecule has 1 amide bonds. The summed E-state index contributed by atoms with van der Waals surface area (Å²) < 4.78 is 13.5. The minimum absolute atomic E-state index is 0.239. The lowest BCUT2D eigenvalue weighted by Gasteiger charge is -2.05. The highest BCUT2D eigenvalue weighted by molar-refractivity contribution is 7.99. The highest BCUT2D eigenvalue weighted by Gasteiger charge is 2.46. The molecule has 0 N–H and O–H groups in total. The van der Waals surface area contributed by atoms with E-state index in [1.165, 1.54) is 12.1 Å². The molecule has 0 fully saturated rings. The Labute approximate surface area is 94.4 Å². The lowest BCUT2D eigenvalue weighted by Crippen LogP contribution is -2.34. The quantitative estimate of drug-likeness (QED) is 0.585. The van der Waals surface area contributed by atoms with Crippen LogP contribution in [0.3, 0.4) is 0 Å². The zero-order valence-corrected chi connectivity index (χ0v) is 9.03. The number of nitro groups is 1. The minimum Gasteiger partial charge on any atom is -0.267 e. The molecule has 0 bridgehead atoms. The summed E-state index contributed by atoms with van der Waals surface area (Å²) in [5.41, 5.74) is 0.117. The van der Waals surface area contributed by atoms with Crippen molar-refractivity contribution in [2.45, 2.75) is 5.25 Å². The third-order valence-corrected chi connectivity index (χ3v) is 3.27. The molecule has 1 aromatic rings. The van der Waals surface area contributed by atoms with E-state index in [-0.39, 0.29) is 10.7 Å². The van der Waals surface area contributed by atoms with Crippen LogP contribution in [0.25, 0.3) is 0 Å². The van der Waals surface area contributed by atoms with Crippen LogP contribution in [0.5, 0.6) is 0 Å². The second kappa shape index (κ2) is 3.75. The number of carbonyl (C=O) groups is 1. The normalized spacial score (nSPS) is 18.8. The van der Waals surface area contributed by atoms with E-state index in [2.05, 4.69) is 0 Å². The second-order valence-corrected chi connectivity index (χ2v) is 4.12. The van der Waals surface area contributed by atoms with Crippen molar-refractivity contribution in [1.29, 1.82) is 0 Å². The van der Waals surface area contributed by atoms with Gasteiger partial charge in [0.2, 0.25) is 0 Å². The number of hydrogen-bond acceptors (Lipinski definition) is 4. The van der Waals surface area contributed by atoms with Crippen LogP contribution >= 0.6 is 11.8 Å². The molecule has 7 heteroatoms.